The number of carbonyl (C=O) groups excluding carboxylic acids is 1. The Morgan fingerprint density at radius 2 is 2.03 bits per heavy atom. The molecule has 3 aromatic rings. The number of carbonyl (C=O) groups is 1. The minimum atomic E-state index is -0.0820. The van der Waals surface area contributed by atoms with Crippen LogP contribution in [0.3, 0.4) is 0 Å². The summed E-state index contributed by atoms with van der Waals surface area (Å²) in [5.41, 5.74) is 2.81. The zero-order valence-corrected chi connectivity index (χ0v) is 20.6. The molecule has 186 valence electrons. The molecule has 9 heteroatoms. The summed E-state index contributed by atoms with van der Waals surface area (Å²) in [5, 5.41) is 3.13. The number of piperidine rings is 1. The van der Waals surface area contributed by atoms with Crippen LogP contribution >= 0.6 is 0 Å². The van der Waals surface area contributed by atoms with Crippen molar-refractivity contribution in [1.82, 2.24) is 24.8 Å². The molecule has 2 aliphatic rings. The second-order valence-electron chi connectivity index (χ2n) is 9.34. The highest BCUT2D eigenvalue weighted by Crippen LogP contribution is 2.31. The first kappa shape index (κ1) is 23.4. The molecule has 1 fully saturated rings. The zero-order chi connectivity index (χ0) is 24.2. The summed E-state index contributed by atoms with van der Waals surface area (Å²) in [6.07, 6.45) is 8.68. The van der Waals surface area contributed by atoms with Gasteiger partial charge in [-0.1, -0.05) is 18.6 Å². The predicted molar refractivity (Wildman–Crippen MR) is 134 cm³/mol. The topological polar surface area (TPSA) is 94.4 Å². The maximum absolute atomic E-state index is 13.1. The van der Waals surface area contributed by atoms with Gasteiger partial charge in [-0.2, -0.15) is 0 Å². The molecule has 0 bridgehead atoms. The summed E-state index contributed by atoms with van der Waals surface area (Å²) in [5.74, 6) is 3.39. The number of aryl methyl sites for hydroxylation is 2. The molecule has 0 aliphatic carbocycles. The lowest BCUT2D eigenvalue weighted by Crippen LogP contribution is -2.44. The third-order valence-corrected chi connectivity index (χ3v) is 7.14. The van der Waals surface area contributed by atoms with Crippen molar-refractivity contribution in [3.63, 3.8) is 0 Å². The second-order valence-corrected chi connectivity index (χ2v) is 9.34. The molecule has 4 heterocycles. The number of hydrogen-bond acceptors (Lipinski definition) is 7. The Bertz CT molecular complexity index is 1190. The maximum Gasteiger partial charge on any atom is 0.224 e. The third kappa shape index (κ3) is 4.76. The predicted octanol–water partition coefficient (Wildman–Crippen LogP) is 3.15. The quantitative estimate of drug-likeness (QED) is 0.557. The van der Waals surface area contributed by atoms with Gasteiger partial charge in [0.1, 0.15) is 12.2 Å². The average molecular weight is 479 g/mol. The number of methoxy groups -OCH3 is 2. The molecular weight excluding hydrogens is 444 g/mol. The van der Waals surface area contributed by atoms with Crippen molar-refractivity contribution < 1.29 is 14.3 Å². The SMILES string of the molecule is COc1cccc(CCNC(=O)[C@H]2CCCN(c3ncnc4c3nc3n4CCCCC3)C2)c1OC. The number of benzene rings is 1. The number of hydrogen-bond donors (Lipinski definition) is 1. The number of amides is 1. The van der Waals surface area contributed by atoms with Crippen molar-refractivity contribution >= 4 is 22.9 Å². The van der Waals surface area contributed by atoms with Crippen LogP contribution in [0, 0.1) is 5.92 Å². The van der Waals surface area contributed by atoms with Crippen LogP contribution in [0.2, 0.25) is 0 Å². The highest BCUT2D eigenvalue weighted by molar-refractivity contribution is 5.85. The number of fused-ring (bicyclic) bond motifs is 3. The van der Waals surface area contributed by atoms with Crippen molar-refractivity contribution in [2.24, 2.45) is 5.92 Å². The molecule has 2 aliphatic heterocycles. The van der Waals surface area contributed by atoms with Crippen LogP contribution in [0.4, 0.5) is 5.82 Å². The van der Waals surface area contributed by atoms with E-state index in [4.69, 9.17) is 14.5 Å². The van der Waals surface area contributed by atoms with E-state index < -0.39 is 0 Å². The van der Waals surface area contributed by atoms with Gasteiger partial charge in [0, 0.05) is 32.6 Å². The number of rotatable bonds is 7. The van der Waals surface area contributed by atoms with Crippen LogP contribution in [-0.2, 0) is 24.2 Å². The van der Waals surface area contributed by atoms with E-state index in [0.29, 0.717) is 25.3 Å². The van der Waals surface area contributed by atoms with Crippen molar-refractivity contribution in [2.75, 3.05) is 38.8 Å². The summed E-state index contributed by atoms with van der Waals surface area (Å²) in [6.45, 7) is 3.03. The van der Waals surface area contributed by atoms with Gasteiger partial charge in [0.15, 0.2) is 28.5 Å². The molecule has 0 saturated carbocycles. The number of aromatic nitrogens is 4. The van der Waals surface area contributed by atoms with E-state index >= 15 is 0 Å². The molecule has 0 unspecified atom stereocenters. The Morgan fingerprint density at radius 1 is 1.11 bits per heavy atom. The van der Waals surface area contributed by atoms with Gasteiger partial charge in [-0.25, -0.2) is 15.0 Å². The number of nitrogens with zero attached hydrogens (tertiary/aromatic N) is 5. The van der Waals surface area contributed by atoms with Gasteiger partial charge in [0.25, 0.3) is 0 Å². The average Bonchev–Trinajstić information content (AvgIpc) is 3.09. The van der Waals surface area contributed by atoms with Crippen LogP contribution in [-0.4, -0.2) is 59.3 Å². The normalized spacial score (nSPS) is 18.1. The van der Waals surface area contributed by atoms with E-state index in [9.17, 15) is 4.79 Å². The Labute approximate surface area is 205 Å². The summed E-state index contributed by atoms with van der Waals surface area (Å²) in [6, 6.07) is 5.82. The summed E-state index contributed by atoms with van der Waals surface area (Å²) in [7, 11) is 3.27. The molecule has 1 atom stereocenters. The molecule has 0 radical (unpaired) electrons. The largest absolute Gasteiger partial charge is 0.493 e. The van der Waals surface area contributed by atoms with Crippen LogP contribution in [0.5, 0.6) is 11.5 Å². The zero-order valence-electron chi connectivity index (χ0n) is 20.6. The molecule has 1 saturated heterocycles. The lowest BCUT2D eigenvalue weighted by molar-refractivity contribution is -0.125. The Balaban J connectivity index is 1.25. The number of para-hydroxylation sites is 1. The van der Waals surface area contributed by atoms with Crippen LogP contribution in [0.15, 0.2) is 24.5 Å². The van der Waals surface area contributed by atoms with Crippen LogP contribution in [0.25, 0.3) is 11.2 Å². The summed E-state index contributed by atoms with van der Waals surface area (Å²) in [4.78, 5) is 29.4. The van der Waals surface area contributed by atoms with Gasteiger partial charge in [-0.15, -0.1) is 0 Å². The Kier molecular flexibility index (Phi) is 7.01. The van der Waals surface area contributed by atoms with E-state index in [1.165, 1.54) is 12.8 Å². The third-order valence-electron chi connectivity index (χ3n) is 7.14. The fraction of sp³-hybridized carbons (Fsp3) is 0.538. The lowest BCUT2D eigenvalue weighted by Gasteiger charge is -2.32. The molecule has 1 aromatic carbocycles. The number of nitrogens with one attached hydrogen (secondary N) is 1. The number of anilines is 1. The molecule has 35 heavy (non-hydrogen) atoms. The maximum atomic E-state index is 13.1. The van der Waals surface area contributed by atoms with E-state index in [-0.39, 0.29) is 11.8 Å². The number of ether oxygens (including phenoxy) is 2. The second kappa shape index (κ2) is 10.5. The smallest absolute Gasteiger partial charge is 0.224 e. The van der Waals surface area contributed by atoms with Gasteiger partial charge < -0.3 is 24.3 Å². The van der Waals surface area contributed by atoms with Gasteiger partial charge in [-0.3, -0.25) is 4.79 Å². The standard InChI is InChI=1S/C26H34N6O3/c1-34-20-10-6-8-18(23(20)35-2)12-13-27-26(33)19-9-7-14-31(16-19)24-22-25(29-17-28-24)32-15-5-3-4-11-21(32)30-22/h6,8,10,17,19H,3-5,7,9,11-16H2,1-2H3,(H,27,33)/t19-/m0/s1. The minimum Gasteiger partial charge on any atom is -0.493 e. The summed E-state index contributed by atoms with van der Waals surface area (Å²) >= 11 is 0. The fourth-order valence-corrected chi connectivity index (χ4v) is 5.36. The van der Waals surface area contributed by atoms with E-state index in [0.717, 1.165) is 72.9 Å². The van der Waals surface area contributed by atoms with Gasteiger partial charge in [0.05, 0.1) is 20.1 Å². The monoisotopic (exact) mass is 478 g/mol. The first-order valence-corrected chi connectivity index (χ1v) is 12.6. The van der Waals surface area contributed by atoms with Gasteiger partial charge >= 0.3 is 0 Å². The van der Waals surface area contributed by atoms with Gasteiger partial charge in [0.2, 0.25) is 5.91 Å². The molecule has 2 aromatic heterocycles. The molecule has 1 N–H and O–H groups in total. The minimum absolute atomic E-state index is 0.0820. The van der Waals surface area contributed by atoms with Crippen molar-refractivity contribution in [2.45, 2.75) is 51.5 Å². The summed E-state index contributed by atoms with van der Waals surface area (Å²) < 4.78 is 13.2. The van der Waals surface area contributed by atoms with E-state index in [1.807, 2.05) is 18.2 Å². The van der Waals surface area contributed by atoms with E-state index in [2.05, 4.69) is 24.8 Å². The highest BCUT2D eigenvalue weighted by atomic mass is 16.5. The first-order chi connectivity index (χ1) is 17.2. The molecule has 0 spiro atoms. The van der Waals surface area contributed by atoms with Crippen LogP contribution in [0.1, 0.15) is 43.5 Å². The molecular formula is C26H34N6O3. The lowest BCUT2D eigenvalue weighted by atomic mass is 9.97. The van der Waals surface area contributed by atoms with E-state index in [1.54, 1.807) is 20.5 Å². The first-order valence-electron chi connectivity index (χ1n) is 12.6. The van der Waals surface area contributed by atoms with Crippen LogP contribution < -0.4 is 19.7 Å². The molecule has 9 nitrogen and oxygen atoms in total. The van der Waals surface area contributed by atoms with Crippen molar-refractivity contribution in [3.05, 3.63) is 35.9 Å². The Morgan fingerprint density at radius 3 is 2.89 bits per heavy atom. The molecule has 5 rings (SSSR count). The highest BCUT2D eigenvalue weighted by Gasteiger charge is 2.29. The van der Waals surface area contributed by atoms with Crippen molar-refractivity contribution in [3.8, 4) is 11.5 Å². The Hall–Kier alpha value is -3.36. The number of imidazole rings is 1. The molecule has 1 amide bonds. The van der Waals surface area contributed by atoms with Gasteiger partial charge in [-0.05, 0) is 43.7 Å². The van der Waals surface area contributed by atoms with Crippen molar-refractivity contribution in [1.29, 1.82) is 0 Å². The fourth-order valence-electron chi connectivity index (χ4n) is 5.36.